The van der Waals surface area contributed by atoms with E-state index in [1.807, 2.05) is 24.4 Å². The minimum absolute atomic E-state index is 0.365. The summed E-state index contributed by atoms with van der Waals surface area (Å²) in [6, 6.07) is 10.5. The fourth-order valence-electron chi connectivity index (χ4n) is 2.10. The number of nitrogens with zero attached hydrogens (tertiary/aromatic N) is 2. The van der Waals surface area contributed by atoms with E-state index in [4.69, 9.17) is 5.73 Å². The van der Waals surface area contributed by atoms with Gasteiger partial charge in [-0.05, 0) is 66.0 Å². The standard InChI is InChI=1S/C16H20BrN3/c1-11(2)20(10-13-5-4-6-14(18)8-13)16-7-12(3)15(17)9-19-16/h4-9,11H,10,18H2,1-3H3. The summed E-state index contributed by atoms with van der Waals surface area (Å²) in [5, 5.41) is 0. The minimum atomic E-state index is 0.365. The molecule has 0 bridgehead atoms. The van der Waals surface area contributed by atoms with Crippen molar-refractivity contribution in [3.05, 3.63) is 52.1 Å². The third-order valence-electron chi connectivity index (χ3n) is 3.25. The summed E-state index contributed by atoms with van der Waals surface area (Å²) in [7, 11) is 0. The minimum Gasteiger partial charge on any atom is -0.399 e. The normalized spacial score (nSPS) is 10.8. The lowest BCUT2D eigenvalue weighted by Gasteiger charge is -2.28. The maximum atomic E-state index is 5.85. The van der Waals surface area contributed by atoms with Gasteiger partial charge in [0, 0.05) is 28.9 Å². The van der Waals surface area contributed by atoms with Gasteiger partial charge in [0.05, 0.1) is 0 Å². The molecule has 106 valence electrons. The Bertz CT molecular complexity index is 596. The third-order valence-corrected chi connectivity index (χ3v) is 4.08. The zero-order valence-electron chi connectivity index (χ0n) is 12.1. The van der Waals surface area contributed by atoms with Crippen LogP contribution in [0.5, 0.6) is 0 Å². The van der Waals surface area contributed by atoms with Gasteiger partial charge in [0.25, 0.3) is 0 Å². The molecule has 2 N–H and O–H groups in total. The fourth-order valence-corrected chi connectivity index (χ4v) is 2.31. The molecule has 2 rings (SSSR count). The number of hydrogen-bond donors (Lipinski definition) is 1. The Morgan fingerprint density at radius 2 is 2.05 bits per heavy atom. The summed E-state index contributed by atoms with van der Waals surface area (Å²) < 4.78 is 1.04. The maximum absolute atomic E-state index is 5.85. The number of aryl methyl sites for hydroxylation is 1. The molecule has 1 aromatic heterocycles. The predicted molar refractivity (Wildman–Crippen MR) is 88.8 cm³/mol. The number of hydrogen-bond acceptors (Lipinski definition) is 3. The molecule has 0 aliphatic rings. The molecule has 0 aliphatic heterocycles. The molecular formula is C16H20BrN3. The average molecular weight is 334 g/mol. The molecule has 4 heteroatoms. The van der Waals surface area contributed by atoms with Crippen molar-refractivity contribution in [3.8, 4) is 0 Å². The first kappa shape index (κ1) is 14.9. The number of aromatic nitrogens is 1. The largest absolute Gasteiger partial charge is 0.399 e. The first-order chi connectivity index (χ1) is 9.47. The fraction of sp³-hybridized carbons (Fsp3) is 0.312. The van der Waals surface area contributed by atoms with Gasteiger partial charge in [-0.1, -0.05) is 12.1 Å². The molecule has 0 unspecified atom stereocenters. The van der Waals surface area contributed by atoms with Gasteiger partial charge in [-0.25, -0.2) is 4.98 Å². The smallest absolute Gasteiger partial charge is 0.129 e. The van der Waals surface area contributed by atoms with E-state index in [2.05, 4.69) is 58.7 Å². The van der Waals surface area contributed by atoms with Gasteiger partial charge in [-0.3, -0.25) is 0 Å². The number of pyridine rings is 1. The third kappa shape index (κ3) is 3.51. The highest BCUT2D eigenvalue weighted by atomic mass is 79.9. The molecule has 20 heavy (non-hydrogen) atoms. The summed E-state index contributed by atoms with van der Waals surface area (Å²) in [5.41, 5.74) is 9.03. The summed E-state index contributed by atoms with van der Waals surface area (Å²) in [6.07, 6.45) is 1.86. The first-order valence-electron chi connectivity index (χ1n) is 6.70. The molecule has 0 fully saturated rings. The van der Waals surface area contributed by atoms with Gasteiger partial charge in [-0.2, -0.15) is 0 Å². The van der Waals surface area contributed by atoms with Crippen molar-refractivity contribution < 1.29 is 0 Å². The van der Waals surface area contributed by atoms with Crippen LogP contribution in [0.2, 0.25) is 0 Å². The molecule has 2 aromatic rings. The number of benzene rings is 1. The Balaban J connectivity index is 2.29. The second-order valence-corrected chi connectivity index (χ2v) is 6.11. The lowest BCUT2D eigenvalue weighted by Crippen LogP contribution is -2.31. The van der Waals surface area contributed by atoms with Crippen LogP contribution in [0.25, 0.3) is 0 Å². The van der Waals surface area contributed by atoms with Crippen molar-refractivity contribution in [2.75, 3.05) is 10.6 Å². The maximum Gasteiger partial charge on any atom is 0.129 e. The quantitative estimate of drug-likeness (QED) is 0.854. The van der Waals surface area contributed by atoms with Gasteiger partial charge < -0.3 is 10.6 Å². The van der Waals surface area contributed by atoms with Gasteiger partial charge in [0.1, 0.15) is 5.82 Å². The van der Waals surface area contributed by atoms with Crippen LogP contribution in [0.15, 0.2) is 41.0 Å². The highest BCUT2D eigenvalue weighted by molar-refractivity contribution is 9.10. The Labute approximate surface area is 129 Å². The monoisotopic (exact) mass is 333 g/mol. The number of halogens is 1. The van der Waals surface area contributed by atoms with Gasteiger partial charge in [0.2, 0.25) is 0 Å². The Kier molecular flexibility index (Phi) is 4.65. The number of rotatable bonds is 4. The van der Waals surface area contributed by atoms with Gasteiger partial charge in [-0.15, -0.1) is 0 Å². The molecule has 0 radical (unpaired) electrons. The lowest BCUT2D eigenvalue weighted by atomic mass is 10.1. The van der Waals surface area contributed by atoms with Crippen molar-refractivity contribution >= 4 is 27.4 Å². The van der Waals surface area contributed by atoms with Gasteiger partial charge in [0.15, 0.2) is 0 Å². The Hall–Kier alpha value is -1.55. The summed E-state index contributed by atoms with van der Waals surface area (Å²) in [4.78, 5) is 6.80. The van der Waals surface area contributed by atoms with Crippen molar-refractivity contribution in [2.24, 2.45) is 0 Å². The van der Waals surface area contributed by atoms with Crippen LogP contribution in [0.1, 0.15) is 25.0 Å². The van der Waals surface area contributed by atoms with Gasteiger partial charge >= 0.3 is 0 Å². The van der Waals surface area contributed by atoms with E-state index in [1.54, 1.807) is 0 Å². The van der Waals surface area contributed by atoms with Crippen LogP contribution < -0.4 is 10.6 Å². The predicted octanol–water partition coefficient (Wildman–Crippen LogP) is 4.15. The van der Waals surface area contributed by atoms with Crippen LogP contribution in [-0.4, -0.2) is 11.0 Å². The SMILES string of the molecule is Cc1cc(N(Cc2cccc(N)c2)C(C)C)ncc1Br. The summed E-state index contributed by atoms with van der Waals surface area (Å²) in [6.45, 7) is 7.22. The van der Waals surface area contributed by atoms with E-state index in [0.717, 1.165) is 22.5 Å². The highest BCUT2D eigenvalue weighted by Gasteiger charge is 2.13. The first-order valence-corrected chi connectivity index (χ1v) is 7.50. The topological polar surface area (TPSA) is 42.1 Å². The number of nitrogen functional groups attached to an aromatic ring is 1. The van der Waals surface area contributed by atoms with Crippen molar-refractivity contribution in [1.82, 2.24) is 4.98 Å². The zero-order valence-corrected chi connectivity index (χ0v) is 13.7. The Morgan fingerprint density at radius 1 is 1.30 bits per heavy atom. The molecule has 0 atom stereocenters. The van der Waals surface area contributed by atoms with Crippen LogP contribution in [0, 0.1) is 6.92 Å². The van der Waals surface area contributed by atoms with E-state index >= 15 is 0 Å². The molecule has 0 spiro atoms. The van der Waals surface area contributed by atoms with E-state index < -0.39 is 0 Å². The van der Waals surface area contributed by atoms with Crippen LogP contribution >= 0.6 is 15.9 Å². The van der Waals surface area contributed by atoms with Crippen LogP contribution in [0.4, 0.5) is 11.5 Å². The molecule has 0 amide bonds. The molecule has 0 saturated heterocycles. The lowest BCUT2D eigenvalue weighted by molar-refractivity contribution is 0.672. The molecule has 1 heterocycles. The molecule has 3 nitrogen and oxygen atoms in total. The number of anilines is 2. The van der Waals surface area contributed by atoms with E-state index in [-0.39, 0.29) is 0 Å². The summed E-state index contributed by atoms with van der Waals surface area (Å²) in [5.74, 6) is 0.989. The van der Waals surface area contributed by atoms with E-state index in [1.165, 1.54) is 11.1 Å². The molecule has 1 aromatic carbocycles. The zero-order chi connectivity index (χ0) is 14.7. The van der Waals surface area contributed by atoms with Crippen molar-refractivity contribution in [1.29, 1.82) is 0 Å². The number of nitrogens with two attached hydrogens (primary N) is 1. The molecular weight excluding hydrogens is 314 g/mol. The second kappa shape index (κ2) is 6.27. The van der Waals surface area contributed by atoms with Crippen molar-refractivity contribution in [3.63, 3.8) is 0 Å². The highest BCUT2D eigenvalue weighted by Crippen LogP contribution is 2.23. The Morgan fingerprint density at radius 3 is 2.65 bits per heavy atom. The van der Waals surface area contributed by atoms with E-state index in [9.17, 15) is 0 Å². The average Bonchev–Trinajstić information content (AvgIpc) is 2.39. The molecule has 0 aliphatic carbocycles. The van der Waals surface area contributed by atoms with Crippen LogP contribution in [0.3, 0.4) is 0 Å². The second-order valence-electron chi connectivity index (χ2n) is 5.26. The van der Waals surface area contributed by atoms with Crippen LogP contribution in [-0.2, 0) is 6.54 Å². The van der Waals surface area contributed by atoms with Crippen molar-refractivity contribution in [2.45, 2.75) is 33.4 Å². The summed E-state index contributed by atoms with van der Waals surface area (Å²) >= 11 is 3.49. The van der Waals surface area contributed by atoms with E-state index in [0.29, 0.717) is 6.04 Å². The molecule has 0 saturated carbocycles.